The number of rotatable bonds is 3. The lowest BCUT2D eigenvalue weighted by Gasteiger charge is -2.13. The van der Waals surface area contributed by atoms with Gasteiger partial charge in [0.15, 0.2) is 18.0 Å². The zero-order chi connectivity index (χ0) is 14.3. The summed E-state index contributed by atoms with van der Waals surface area (Å²) in [7, 11) is -1.95. The lowest BCUT2D eigenvalue weighted by molar-refractivity contribution is 0.327. The van der Waals surface area contributed by atoms with Crippen LogP contribution in [0.25, 0.3) is 0 Å². The Kier molecular flexibility index (Phi) is 3.55. The van der Waals surface area contributed by atoms with Crippen LogP contribution in [0.4, 0.5) is 8.78 Å². The molecule has 3 atom stereocenters. The molecule has 4 nitrogen and oxygen atoms in total. The number of halogens is 3. The van der Waals surface area contributed by atoms with Crippen LogP contribution in [0, 0.1) is 0 Å². The van der Waals surface area contributed by atoms with Crippen LogP contribution in [0.3, 0.4) is 0 Å². The average molecular weight is 318 g/mol. The summed E-state index contributed by atoms with van der Waals surface area (Å²) in [5.41, 5.74) is 0.720. The highest BCUT2D eigenvalue weighted by molar-refractivity contribution is 7.84. The standard InChI is InChI=1S/C12H10ClF2N3OS/c13-8-4-2-1-3-7(8)10-5-9(15)11-16-12(17-18(10)11)20(19)6-14/h1-4,9-10H,5-6H2/t9-,10-,20?/m0/s1. The van der Waals surface area contributed by atoms with Crippen LogP contribution in [-0.4, -0.2) is 25.0 Å². The second-order valence-electron chi connectivity index (χ2n) is 4.39. The van der Waals surface area contributed by atoms with Crippen LogP contribution in [0.15, 0.2) is 29.4 Å². The highest BCUT2D eigenvalue weighted by atomic mass is 35.5. The minimum Gasteiger partial charge on any atom is -0.248 e. The van der Waals surface area contributed by atoms with E-state index in [0.717, 1.165) is 5.56 Å². The summed E-state index contributed by atoms with van der Waals surface area (Å²) in [5, 5.41) is 4.30. The van der Waals surface area contributed by atoms with Crippen molar-refractivity contribution in [3.63, 3.8) is 0 Å². The molecule has 1 unspecified atom stereocenters. The fraction of sp³-hybridized carbons (Fsp3) is 0.333. The molecule has 1 aromatic carbocycles. The molecule has 2 aromatic rings. The molecule has 20 heavy (non-hydrogen) atoms. The fourth-order valence-corrected chi connectivity index (χ4v) is 3.04. The maximum atomic E-state index is 14.0. The minimum absolute atomic E-state index is 0.0757. The molecule has 0 saturated heterocycles. The van der Waals surface area contributed by atoms with Crippen molar-refractivity contribution in [3.05, 3.63) is 40.7 Å². The molecule has 0 fully saturated rings. The van der Waals surface area contributed by atoms with Crippen LogP contribution in [0.1, 0.15) is 30.0 Å². The molecule has 0 radical (unpaired) electrons. The molecule has 0 bridgehead atoms. The summed E-state index contributed by atoms with van der Waals surface area (Å²) in [6.45, 7) is 0. The highest BCUT2D eigenvalue weighted by Crippen LogP contribution is 2.41. The molecule has 1 aromatic heterocycles. The van der Waals surface area contributed by atoms with Gasteiger partial charge in [0.05, 0.1) is 6.04 Å². The first-order valence-electron chi connectivity index (χ1n) is 5.91. The van der Waals surface area contributed by atoms with Gasteiger partial charge in [-0.15, -0.1) is 5.10 Å². The van der Waals surface area contributed by atoms with Crippen LogP contribution >= 0.6 is 11.6 Å². The Labute approximate surface area is 121 Å². The lowest BCUT2D eigenvalue weighted by atomic mass is 10.0. The summed E-state index contributed by atoms with van der Waals surface area (Å²) < 4.78 is 39.2. The number of aromatic nitrogens is 3. The van der Waals surface area contributed by atoms with E-state index in [9.17, 15) is 13.0 Å². The Hall–Kier alpha value is -1.34. The second-order valence-corrected chi connectivity index (χ2v) is 6.07. The second kappa shape index (κ2) is 5.21. The van der Waals surface area contributed by atoms with E-state index < -0.39 is 29.0 Å². The number of fused-ring (bicyclic) bond motifs is 1. The van der Waals surface area contributed by atoms with Crippen molar-refractivity contribution in [1.29, 1.82) is 0 Å². The van der Waals surface area contributed by atoms with E-state index in [-0.39, 0.29) is 17.4 Å². The number of benzene rings is 1. The van der Waals surface area contributed by atoms with E-state index in [2.05, 4.69) is 10.1 Å². The third-order valence-corrected chi connectivity index (χ3v) is 4.33. The van der Waals surface area contributed by atoms with Gasteiger partial charge in [-0.3, -0.25) is 0 Å². The maximum Gasteiger partial charge on any atom is 0.241 e. The molecular weight excluding hydrogens is 308 g/mol. The summed E-state index contributed by atoms with van der Waals surface area (Å²) >= 11 is 6.11. The van der Waals surface area contributed by atoms with Crippen LogP contribution in [0.2, 0.25) is 5.02 Å². The topological polar surface area (TPSA) is 47.8 Å². The monoisotopic (exact) mass is 317 g/mol. The van der Waals surface area contributed by atoms with E-state index in [1.54, 1.807) is 24.3 Å². The number of nitrogens with zero attached hydrogens (tertiary/aromatic N) is 3. The number of alkyl halides is 2. The quantitative estimate of drug-likeness (QED) is 0.874. The molecule has 0 N–H and O–H groups in total. The van der Waals surface area contributed by atoms with Gasteiger partial charge < -0.3 is 0 Å². The summed E-state index contributed by atoms with van der Waals surface area (Å²) in [6.07, 6.45) is -1.16. The van der Waals surface area contributed by atoms with Gasteiger partial charge >= 0.3 is 0 Å². The molecule has 2 heterocycles. The van der Waals surface area contributed by atoms with Gasteiger partial charge in [-0.25, -0.2) is 22.7 Å². The normalized spacial score (nSPS) is 22.8. The Morgan fingerprint density at radius 3 is 2.90 bits per heavy atom. The third kappa shape index (κ3) is 2.14. The van der Waals surface area contributed by atoms with Gasteiger partial charge in [0.2, 0.25) is 5.16 Å². The molecule has 0 spiro atoms. The van der Waals surface area contributed by atoms with E-state index in [1.165, 1.54) is 4.68 Å². The van der Waals surface area contributed by atoms with Crippen molar-refractivity contribution >= 4 is 22.4 Å². The summed E-state index contributed by atoms with van der Waals surface area (Å²) in [6, 6.07) is 5.56. The number of hydrogen-bond acceptors (Lipinski definition) is 3. The fourth-order valence-electron chi connectivity index (χ4n) is 2.31. The van der Waals surface area contributed by atoms with Gasteiger partial charge in [0, 0.05) is 11.4 Å². The highest BCUT2D eigenvalue weighted by Gasteiger charge is 2.36. The van der Waals surface area contributed by atoms with Crippen LogP contribution in [-0.2, 0) is 10.8 Å². The van der Waals surface area contributed by atoms with Crippen molar-refractivity contribution in [3.8, 4) is 0 Å². The minimum atomic E-state index is -1.95. The van der Waals surface area contributed by atoms with Gasteiger partial charge in [0.25, 0.3) is 0 Å². The molecule has 0 amide bonds. The van der Waals surface area contributed by atoms with E-state index in [1.807, 2.05) is 0 Å². The molecule has 0 aliphatic carbocycles. The SMILES string of the molecule is O=S(CF)c1nc2n(n1)[C@H](c1ccccc1Cl)C[C@@H]2F. The first kappa shape index (κ1) is 13.6. The predicted molar refractivity (Wildman–Crippen MR) is 70.5 cm³/mol. The Balaban J connectivity index is 2.05. The van der Waals surface area contributed by atoms with Gasteiger partial charge in [-0.05, 0) is 11.6 Å². The molecular formula is C12H10ClF2N3OS. The van der Waals surface area contributed by atoms with Crippen molar-refractivity contribution < 1.29 is 13.0 Å². The van der Waals surface area contributed by atoms with Gasteiger partial charge in [0.1, 0.15) is 10.8 Å². The predicted octanol–water partition coefficient (Wildman–Crippen LogP) is 2.97. The van der Waals surface area contributed by atoms with Gasteiger partial charge in [-0.1, -0.05) is 29.8 Å². The maximum absolute atomic E-state index is 14.0. The first-order valence-corrected chi connectivity index (χ1v) is 7.60. The smallest absolute Gasteiger partial charge is 0.241 e. The van der Waals surface area contributed by atoms with E-state index in [0.29, 0.717) is 5.02 Å². The summed E-state index contributed by atoms with van der Waals surface area (Å²) in [5.74, 6) is 0.0757. The zero-order valence-electron chi connectivity index (χ0n) is 10.2. The molecule has 1 aliphatic heterocycles. The summed E-state index contributed by atoms with van der Waals surface area (Å²) in [4.78, 5) is 3.84. The average Bonchev–Trinajstić information content (AvgIpc) is 3.00. The third-order valence-electron chi connectivity index (χ3n) is 3.21. The van der Waals surface area contributed by atoms with Crippen molar-refractivity contribution in [2.75, 3.05) is 6.01 Å². The molecule has 3 rings (SSSR count). The Bertz CT molecular complexity index is 678. The van der Waals surface area contributed by atoms with Crippen LogP contribution in [0.5, 0.6) is 0 Å². The number of hydrogen-bond donors (Lipinski definition) is 0. The molecule has 1 aliphatic rings. The van der Waals surface area contributed by atoms with Crippen molar-refractivity contribution in [2.24, 2.45) is 0 Å². The van der Waals surface area contributed by atoms with E-state index in [4.69, 9.17) is 11.6 Å². The Morgan fingerprint density at radius 1 is 1.45 bits per heavy atom. The van der Waals surface area contributed by atoms with Crippen LogP contribution < -0.4 is 0 Å². The molecule has 8 heteroatoms. The first-order chi connectivity index (χ1) is 9.61. The Morgan fingerprint density at radius 2 is 2.20 bits per heavy atom. The zero-order valence-corrected chi connectivity index (χ0v) is 11.7. The lowest BCUT2D eigenvalue weighted by Crippen LogP contribution is -2.09. The van der Waals surface area contributed by atoms with Crippen molar-refractivity contribution in [1.82, 2.24) is 14.8 Å². The van der Waals surface area contributed by atoms with Gasteiger partial charge in [-0.2, -0.15) is 0 Å². The van der Waals surface area contributed by atoms with E-state index >= 15 is 0 Å². The molecule has 106 valence electrons. The van der Waals surface area contributed by atoms with Crippen molar-refractivity contribution in [2.45, 2.75) is 23.8 Å². The largest absolute Gasteiger partial charge is 0.248 e. The molecule has 0 saturated carbocycles.